The van der Waals surface area contributed by atoms with Crippen LogP contribution in [0, 0.1) is 5.41 Å². The average Bonchev–Trinajstić information content (AvgIpc) is 2.38. The number of rotatable bonds is 6. The molecule has 18 heavy (non-hydrogen) atoms. The number of hydrogen-bond acceptors (Lipinski definition) is 2. The molecule has 100 valence electrons. The Labute approximate surface area is 111 Å². The summed E-state index contributed by atoms with van der Waals surface area (Å²) in [5.74, 6) is 0. The lowest BCUT2D eigenvalue weighted by Crippen LogP contribution is -2.47. The third kappa shape index (κ3) is 3.12. The third-order valence-electron chi connectivity index (χ3n) is 3.87. The molecule has 0 saturated carbocycles. The van der Waals surface area contributed by atoms with Crippen molar-refractivity contribution in [2.24, 2.45) is 5.41 Å². The van der Waals surface area contributed by atoms with Crippen molar-refractivity contribution < 1.29 is 4.74 Å². The van der Waals surface area contributed by atoms with Crippen molar-refractivity contribution in [3.05, 3.63) is 35.4 Å². The quantitative estimate of drug-likeness (QED) is 0.832. The number of nitrogens with one attached hydrogen (secondary N) is 1. The molecule has 1 aromatic rings. The summed E-state index contributed by atoms with van der Waals surface area (Å²) in [4.78, 5) is 0. The van der Waals surface area contributed by atoms with E-state index in [9.17, 15) is 0 Å². The summed E-state index contributed by atoms with van der Waals surface area (Å²) in [5.41, 5.74) is 3.16. The van der Waals surface area contributed by atoms with E-state index >= 15 is 0 Å². The van der Waals surface area contributed by atoms with Gasteiger partial charge in [0.05, 0.1) is 13.2 Å². The van der Waals surface area contributed by atoms with Crippen LogP contribution in [0.1, 0.15) is 44.4 Å². The molecule has 0 amide bonds. The summed E-state index contributed by atoms with van der Waals surface area (Å²) in [6.07, 6.45) is 2.24. The van der Waals surface area contributed by atoms with Gasteiger partial charge in [-0.25, -0.2) is 0 Å². The van der Waals surface area contributed by atoms with Crippen molar-refractivity contribution in [3.63, 3.8) is 0 Å². The highest BCUT2D eigenvalue weighted by Crippen LogP contribution is 2.27. The van der Waals surface area contributed by atoms with Gasteiger partial charge in [-0.3, -0.25) is 0 Å². The van der Waals surface area contributed by atoms with Gasteiger partial charge in [0.25, 0.3) is 0 Å². The van der Waals surface area contributed by atoms with Crippen LogP contribution in [-0.4, -0.2) is 19.8 Å². The molecule has 1 aliphatic heterocycles. The van der Waals surface area contributed by atoms with Crippen LogP contribution in [0.2, 0.25) is 0 Å². The number of ether oxygens (including phenoxy) is 1. The summed E-state index contributed by atoms with van der Waals surface area (Å²) < 4.78 is 5.30. The number of hydrogen-bond donors (Lipinski definition) is 1. The Bertz CT molecular complexity index is 367. The molecule has 1 saturated heterocycles. The van der Waals surface area contributed by atoms with Crippen LogP contribution in [0.3, 0.4) is 0 Å². The standard InChI is InChI=1S/C16H25NO/c1-4-13-6-8-14(9-7-13)15(5-2)17-10-16(3)11-18-12-16/h6-9,15,17H,4-5,10-12H2,1-3H3. The van der Waals surface area contributed by atoms with E-state index < -0.39 is 0 Å². The molecule has 0 aliphatic carbocycles. The summed E-state index contributed by atoms with van der Waals surface area (Å²) in [5, 5.41) is 3.69. The predicted molar refractivity (Wildman–Crippen MR) is 75.8 cm³/mol. The Balaban J connectivity index is 1.94. The van der Waals surface area contributed by atoms with Crippen molar-refractivity contribution in [1.29, 1.82) is 0 Å². The van der Waals surface area contributed by atoms with Crippen molar-refractivity contribution in [2.75, 3.05) is 19.8 Å². The van der Waals surface area contributed by atoms with E-state index in [4.69, 9.17) is 4.74 Å². The molecule has 0 radical (unpaired) electrons. The second-order valence-corrected chi connectivity index (χ2v) is 5.74. The SMILES string of the molecule is CCc1ccc(C(CC)NCC2(C)COC2)cc1. The first-order chi connectivity index (χ1) is 8.67. The number of aryl methyl sites for hydroxylation is 1. The zero-order chi connectivity index (χ0) is 13.0. The lowest BCUT2D eigenvalue weighted by Gasteiger charge is -2.39. The maximum Gasteiger partial charge on any atom is 0.0554 e. The minimum absolute atomic E-state index is 0.344. The van der Waals surface area contributed by atoms with Gasteiger partial charge in [-0.1, -0.05) is 45.0 Å². The van der Waals surface area contributed by atoms with Crippen molar-refractivity contribution in [3.8, 4) is 0 Å². The first-order valence-electron chi connectivity index (χ1n) is 7.07. The minimum atomic E-state index is 0.344. The van der Waals surface area contributed by atoms with Gasteiger partial charge in [0.15, 0.2) is 0 Å². The van der Waals surface area contributed by atoms with Gasteiger partial charge < -0.3 is 10.1 Å². The third-order valence-corrected chi connectivity index (χ3v) is 3.87. The monoisotopic (exact) mass is 247 g/mol. The Kier molecular flexibility index (Phi) is 4.41. The van der Waals surface area contributed by atoms with Crippen LogP contribution in [0.25, 0.3) is 0 Å². The molecule has 2 heteroatoms. The second-order valence-electron chi connectivity index (χ2n) is 5.74. The highest BCUT2D eigenvalue weighted by Gasteiger charge is 2.33. The summed E-state index contributed by atoms with van der Waals surface area (Å²) in [6.45, 7) is 9.56. The largest absolute Gasteiger partial charge is 0.380 e. The van der Waals surface area contributed by atoms with Crippen LogP contribution < -0.4 is 5.32 Å². The number of benzene rings is 1. The molecule has 1 atom stereocenters. The molecule has 1 N–H and O–H groups in total. The fourth-order valence-corrected chi connectivity index (χ4v) is 2.41. The molecule has 0 spiro atoms. The smallest absolute Gasteiger partial charge is 0.0554 e. The maximum atomic E-state index is 5.30. The zero-order valence-corrected chi connectivity index (χ0v) is 11.8. The minimum Gasteiger partial charge on any atom is -0.380 e. The molecule has 1 fully saturated rings. The topological polar surface area (TPSA) is 21.3 Å². The maximum absolute atomic E-state index is 5.30. The van der Waals surface area contributed by atoms with Crippen molar-refractivity contribution >= 4 is 0 Å². The molecule has 0 bridgehead atoms. The molecule has 0 aromatic heterocycles. The van der Waals surface area contributed by atoms with Crippen LogP contribution in [0.5, 0.6) is 0 Å². The molecule has 2 nitrogen and oxygen atoms in total. The first-order valence-corrected chi connectivity index (χ1v) is 7.07. The zero-order valence-electron chi connectivity index (χ0n) is 11.8. The van der Waals surface area contributed by atoms with Gasteiger partial charge in [0.1, 0.15) is 0 Å². The first kappa shape index (κ1) is 13.6. The van der Waals surface area contributed by atoms with Crippen LogP contribution in [0.4, 0.5) is 0 Å². The molecular formula is C16H25NO. The highest BCUT2D eigenvalue weighted by molar-refractivity contribution is 5.25. The van der Waals surface area contributed by atoms with Crippen molar-refractivity contribution in [1.82, 2.24) is 5.32 Å². The van der Waals surface area contributed by atoms with Gasteiger partial charge in [-0.2, -0.15) is 0 Å². The van der Waals surface area contributed by atoms with Gasteiger partial charge in [0, 0.05) is 18.0 Å². The molecule has 1 aliphatic rings. The lowest BCUT2D eigenvalue weighted by molar-refractivity contribution is -0.100. The van der Waals surface area contributed by atoms with E-state index in [0.717, 1.165) is 32.6 Å². The molecule has 1 aromatic carbocycles. The van der Waals surface area contributed by atoms with E-state index in [1.165, 1.54) is 11.1 Å². The summed E-state index contributed by atoms with van der Waals surface area (Å²) >= 11 is 0. The molecular weight excluding hydrogens is 222 g/mol. The fraction of sp³-hybridized carbons (Fsp3) is 0.625. The van der Waals surface area contributed by atoms with Crippen LogP contribution in [0.15, 0.2) is 24.3 Å². The normalized spacial score (nSPS) is 19.3. The molecule has 1 unspecified atom stereocenters. The average molecular weight is 247 g/mol. The Morgan fingerprint density at radius 3 is 2.33 bits per heavy atom. The molecule has 2 rings (SSSR count). The van der Waals surface area contributed by atoms with E-state index in [2.05, 4.69) is 50.4 Å². The van der Waals surface area contributed by atoms with Crippen LogP contribution >= 0.6 is 0 Å². The predicted octanol–water partition coefficient (Wildman–Crippen LogP) is 3.33. The highest BCUT2D eigenvalue weighted by atomic mass is 16.5. The van der Waals surface area contributed by atoms with Gasteiger partial charge >= 0.3 is 0 Å². The molecule has 1 heterocycles. The van der Waals surface area contributed by atoms with E-state index in [-0.39, 0.29) is 0 Å². The Hall–Kier alpha value is -0.860. The van der Waals surface area contributed by atoms with Crippen molar-refractivity contribution in [2.45, 2.75) is 39.7 Å². The summed E-state index contributed by atoms with van der Waals surface area (Å²) in [6, 6.07) is 9.48. The summed E-state index contributed by atoms with van der Waals surface area (Å²) in [7, 11) is 0. The van der Waals surface area contributed by atoms with Gasteiger partial charge in [-0.15, -0.1) is 0 Å². The van der Waals surface area contributed by atoms with E-state index in [1.54, 1.807) is 0 Å². The van der Waals surface area contributed by atoms with Crippen LogP contribution in [-0.2, 0) is 11.2 Å². The fourth-order valence-electron chi connectivity index (χ4n) is 2.41. The Morgan fingerprint density at radius 2 is 1.89 bits per heavy atom. The lowest BCUT2D eigenvalue weighted by atomic mass is 9.88. The van der Waals surface area contributed by atoms with Gasteiger partial charge in [0.2, 0.25) is 0 Å². The van der Waals surface area contributed by atoms with E-state index in [1.807, 2.05) is 0 Å². The second kappa shape index (κ2) is 5.85. The van der Waals surface area contributed by atoms with Gasteiger partial charge in [-0.05, 0) is 24.0 Å². The van der Waals surface area contributed by atoms with E-state index in [0.29, 0.717) is 11.5 Å². The Morgan fingerprint density at radius 1 is 1.22 bits per heavy atom.